The highest BCUT2D eigenvalue weighted by Gasteiger charge is 2.22. The Morgan fingerprint density at radius 1 is 1.50 bits per heavy atom. The molecule has 1 N–H and O–H groups in total. The molecule has 1 heterocycles. The number of nitrogens with zero attached hydrogens (tertiary/aromatic N) is 3. The van der Waals surface area contributed by atoms with E-state index in [0.717, 1.165) is 0 Å². The summed E-state index contributed by atoms with van der Waals surface area (Å²) in [6.45, 7) is 10.1. The largest absolute Gasteiger partial charge is 0.481 e. The molecule has 112 valence electrons. The molecule has 0 saturated heterocycles. The second kappa shape index (κ2) is 6.07. The molecule has 0 radical (unpaired) electrons. The summed E-state index contributed by atoms with van der Waals surface area (Å²) in [6.07, 6.45) is 3.23. The molecular weight excluding hydrogens is 258 g/mol. The van der Waals surface area contributed by atoms with Crippen molar-refractivity contribution in [3.8, 4) is 0 Å². The minimum atomic E-state index is -0.879. The first-order valence-corrected chi connectivity index (χ1v) is 6.74. The van der Waals surface area contributed by atoms with Crippen molar-refractivity contribution in [2.24, 2.45) is 5.92 Å². The molecule has 6 nitrogen and oxygen atoms in total. The quantitative estimate of drug-likeness (QED) is 0.886. The predicted molar refractivity (Wildman–Crippen MR) is 78.2 cm³/mol. The van der Waals surface area contributed by atoms with Crippen LogP contribution in [0, 0.1) is 5.92 Å². The molecule has 1 aromatic rings. The van der Waals surface area contributed by atoms with Gasteiger partial charge in [0.05, 0.1) is 5.92 Å². The molecule has 0 saturated carbocycles. The van der Waals surface area contributed by atoms with Crippen LogP contribution >= 0.6 is 0 Å². The van der Waals surface area contributed by atoms with E-state index in [1.54, 1.807) is 28.8 Å². The van der Waals surface area contributed by atoms with E-state index >= 15 is 0 Å². The van der Waals surface area contributed by atoms with Crippen molar-refractivity contribution in [3.05, 3.63) is 22.7 Å². The summed E-state index contributed by atoms with van der Waals surface area (Å²) >= 11 is 0. The molecule has 1 unspecified atom stereocenters. The van der Waals surface area contributed by atoms with Gasteiger partial charge in [0, 0.05) is 31.0 Å². The first kappa shape index (κ1) is 16.2. The fourth-order valence-electron chi connectivity index (χ4n) is 1.92. The lowest BCUT2D eigenvalue weighted by molar-refractivity contribution is -0.140. The van der Waals surface area contributed by atoms with Gasteiger partial charge in [0.2, 0.25) is 0 Å². The summed E-state index contributed by atoms with van der Waals surface area (Å²) in [5, 5.41) is 9.00. The van der Waals surface area contributed by atoms with Gasteiger partial charge in [0.25, 0.3) is 5.56 Å². The molecule has 6 heteroatoms. The number of rotatable bonds is 5. The van der Waals surface area contributed by atoms with Crippen molar-refractivity contribution in [3.63, 3.8) is 0 Å². The molecule has 0 spiro atoms. The molecule has 0 aliphatic heterocycles. The van der Waals surface area contributed by atoms with Gasteiger partial charge in [-0.2, -0.15) is 0 Å². The summed E-state index contributed by atoms with van der Waals surface area (Å²) < 4.78 is 1.61. The van der Waals surface area contributed by atoms with Crippen molar-refractivity contribution in [1.82, 2.24) is 9.55 Å². The van der Waals surface area contributed by atoms with Crippen molar-refractivity contribution in [1.29, 1.82) is 0 Å². The van der Waals surface area contributed by atoms with E-state index < -0.39 is 11.9 Å². The maximum Gasteiger partial charge on any atom is 0.308 e. The Morgan fingerprint density at radius 2 is 2.10 bits per heavy atom. The highest BCUT2D eigenvalue weighted by atomic mass is 16.4. The van der Waals surface area contributed by atoms with Gasteiger partial charge in [-0.1, -0.05) is 6.92 Å². The van der Waals surface area contributed by atoms with Gasteiger partial charge in [-0.3, -0.25) is 9.59 Å². The van der Waals surface area contributed by atoms with Gasteiger partial charge in [-0.05, 0) is 27.7 Å². The Hall–Kier alpha value is -1.85. The molecule has 0 aliphatic rings. The van der Waals surface area contributed by atoms with Crippen LogP contribution in [0.1, 0.15) is 34.6 Å². The number of carboxylic acid groups (broad SMARTS) is 1. The molecule has 1 atom stereocenters. The Bertz CT molecular complexity index is 531. The summed E-state index contributed by atoms with van der Waals surface area (Å²) in [7, 11) is 0. The Morgan fingerprint density at radius 3 is 2.55 bits per heavy atom. The third kappa shape index (κ3) is 3.59. The predicted octanol–water partition coefficient (Wildman–Crippen LogP) is 1.55. The van der Waals surface area contributed by atoms with E-state index in [4.69, 9.17) is 5.11 Å². The molecule has 0 fully saturated rings. The van der Waals surface area contributed by atoms with Crippen LogP contribution in [0.2, 0.25) is 0 Å². The third-order valence-electron chi connectivity index (χ3n) is 3.14. The number of carboxylic acids is 1. The maximum absolute atomic E-state index is 12.5. The fraction of sp³-hybridized carbons (Fsp3) is 0.643. The van der Waals surface area contributed by atoms with Gasteiger partial charge >= 0.3 is 5.97 Å². The van der Waals surface area contributed by atoms with Crippen molar-refractivity contribution in [2.75, 3.05) is 18.0 Å². The van der Waals surface area contributed by atoms with Crippen LogP contribution in [0.3, 0.4) is 0 Å². The minimum Gasteiger partial charge on any atom is -0.481 e. The fourth-order valence-corrected chi connectivity index (χ4v) is 1.92. The van der Waals surface area contributed by atoms with Crippen LogP contribution in [-0.2, 0) is 10.3 Å². The molecule has 1 rings (SSSR count). The zero-order valence-corrected chi connectivity index (χ0v) is 12.8. The van der Waals surface area contributed by atoms with E-state index in [2.05, 4.69) is 4.98 Å². The first-order chi connectivity index (χ1) is 9.18. The second-order valence-electron chi connectivity index (χ2n) is 5.87. The standard InChI is InChI=1S/C14H23N3O3/c1-6-16(9-10(2)13(19)20)11-12(18)17(8-7-15-11)14(3,4)5/h7-8,10H,6,9H2,1-5H3,(H,19,20). The minimum absolute atomic E-state index is 0.195. The van der Waals surface area contributed by atoms with Crippen LogP contribution in [0.15, 0.2) is 17.2 Å². The molecule has 0 aliphatic carbocycles. The highest BCUT2D eigenvalue weighted by Crippen LogP contribution is 2.13. The Kier molecular flexibility index (Phi) is 4.92. The lowest BCUT2D eigenvalue weighted by atomic mass is 10.1. The summed E-state index contributed by atoms with van der Waals surface area (Å²) in [4.78, 5) is 29.3. The monoisotopic (exact) mass is 281 g/mol. The third-order valence-corrected chi connectivity index (χ3v) is 3.14. The maximum atomic E-state index is 12.5. The van der Waals surface area contributed by atoms with Crippen LogP contribution in [-0.4, -0.2) is 33.7 Å². The second-order valence-corrected chi connectivity index (χ2v) is 5.87. The van der Waals surface area contributed by atoms with E-state index in [1.807, 2.05) is 27.7 Å². The molecule has 0 amide bonds. The summed E-state index contributed by atoms with van der Waals surface area (Å²) in [5.41, 5.74) is -0.536. The number of aliphatic carboxylic acids is 1. The van der Waals surface area contributed by atoms with Gasteiger partial charge in [-0.25, -0.2) is 4.98 Å². The summed E-state index contributed by atoms with van der Waals surface area (Å²) in [5.74, 6) is -1.13. The van der Waals surface area contributed by atoms with Gasteiger partial charge in [-0.15, -0.1) is 0 Å². The molecule has 0 bridgehead atoms. The van der Waals surface area contributed by atoms with E-state index in [9.17, 15) is 9.59 Å². The molecule has 1 aromatic heterocycles. The average molecular weight is 281 g/mol. The number of carbonyl (C=O) groups is 1. The van der Waals surface area contributed by atoms with Gasteiger partial charge in [0.15, 0.2) is 5.82 Å². The summed E-state index contributed by atoms with van der Waals surface area (Å²) in [6, 6.07) is 0. The Balaban J connectivity index is 3.18. The van der Waals surface area contributed by atoms with E-state index in [-0.39, 0.29) is 17.6 Å². The smallest absolute Gasteiger partial charge is 0.308 e. The van der Waals surface area contributed by atoms with E-state index in [0.29, 0.717) is 12.4 Å². The SMILES string of the molecule is CCN(CC(C)C(=O)O)c1nccn(C(C)(C)C)c1=O. The van der Waals surface area contributed by atoms with Crippen LogP contribution < -0.4 is 10.5 Å². The van der Waals surface area contributed by atoms with E-state index in [1.165, 1.54) is 0 Å². The van der Waals surface area contributed by atoms with Crippen molar-refractivity contribution in [2.45, 2.75) is 40.2 Å². The molecule has 20 heavy (non-hydrogen) atoms. The molecular formula is C14H23N3O3. The Labute approximate surface area is 119 Å². The molecule has 0 aromatic carbocycles. The lowest BCUT2D eigenvalue weighted by Crippen LogP contribution is -2.41. The lowest BCUT2D eigenvalue weighted by Gasteiger charge is -2.27. The van der Waals surface area contributed by atoms with Crippen molar-refractivity contribution >= 4 is 11.8 Å². The average Bonchev–Trinajstić information content (AvgIpc) is 2.34. The number of hydrogen-bond acceptors (Lipinski definition) is 4. The van der Waals surface area contributed by atoms with Crippen molar-refractivity contribution < 1.29 is 9.90 Å². The number of hydrogen-bond donors (Lipinski definition) is 1. The number of anilines is 1. The van der Waals surface area contributed by atoms with Gasteiger partial charge < -0.3 is 14.6 Å². The van der Waals surface area contributed by atoms with Crippen LogP contribution in [0.25, 0.3) is 0 Å². The zero-order valence-electron chi connectivity index (χ0n) is 12.8. The normalized spacial score (nSPS) is 13.1. The number of aromatic nitrogens is 2. The first-order valence-electron chi connectivity index (χ1n) is 6.74. The zero-order chi connectivity index (χ0) is 15.5. The van der Waals surface area contributed by atoms with Crippen LogP contribution in [0.5, 0.6) is 0 Å². The van der Waals surface area contributed by atoms with Gasteiger partial charge in [0.1, 0.15) is 0 Å². The topological polar surface area (TPSA) is 75.4 Å². The highest BCUT2D eigenvalue weighted by molar-refractivity contribution is 5.70. The van der Waals surface area contributed by atoms with Crippen LogP contribution in [0.4, 0.5) is 5.82 Å².